The van der Waals surface area contributed by atoms with Gasteiger partial charge in [-0.25, -0.2) is 9.78 Å². The molecular weight excluding hydrogens is 282 g/mol. The third-order valence-electron chi connectivity index (χ3n) is 3.12. The van der Waals surface area contributed by atoms with Crippen molar-refractivity contribution >= 4 is 23.3 Å². The van der Waals surface area contributed by atoms with Crippen molar-refractivity contribution in [1.82, 2.24) is 15.2 Å². The summed E-state index contributed by atoms with van der Waals surface area (Å²) in [5, 5.41) is 14.6. The van der Waals surface area contributed by atoms with Gasteiger partial charge in [-0.15, -0.1) is 11.3 Å². The van der Waals surface area contributed by atoms with Crippen molar-refractivity contribution < 1.29 is 19.4 Å². The number of aliphatic carboxylic acids is 1. The Bertz CT molecular complexity index is 505. The van der Waals surface area contributed by atoms with Crippen molar-refractivity contribution in [2.45, 2.75) is 19.5 Å². The monoisotopic (exact) mass is 299 g/mol. The molecule has 2 heterocycles. The van der Waals surface area contributed by atoms with Crippen molar-refractivity contribution in [3.63, 3.8) is 0 Å². The fourth-order valence-corrected chi connectivity index (χ4v) is 2.61. The number of urea groups is 1. The second-order valence-electron chi connectivity index (χ2n) is 4.75. The van der Waals surface area contributed by atoms with Crippen molar-refractivity contribution in [3.05, 3.63) is 16.1 Å². The lowest BCUT2D eigenvalue weighted by Gasteiger charge is -2.21. The van der Waals surface area contributed by atoms with Gasteiger partial charge >= 0.3 is 12.0 Å². The first-order valence-corrected chi connectivity index (χ1v) is 7.08. The number of rotatable bonds is 4. The summed E-state index contributed by atoms with van der Waals surface area (Å²) in [7, 11) is 1.65. The van der Waals surface area contributed by atoms with Crippen LogP contribution in [0.1, 0.15) is 10.7 Å². The first-order chi connectivity index (χ1) is 9.47. The van der Waals surface area contributed by atoms with Gasteiger partial charge in [-0.3, -0.25) is 4.79 Å². The van der Waals surface area contributed by atoms with Gasteiger partial charge in [0.2, 0.25) is 0 Å². The molecule has 1 saturated heterocycles. The van der Waals surface area contributed by atoms with Gasteiger partial charge in [-0.2, -0.15) is 0 Å². The van der Waals surface area contributed by atoms with Gasteiger partial charge in [0.1, 0.15) is 5.92 Å². The standard InChI is InChI=1S/C12H17N3O4S/c1-7-13-8(6-20-7)3-15(2)12(18)14-10-5-19-4-9(10)11(16)17/h6,9-10H,3-5H2,1-2H3,(H,14,18)(H,16,17). The quantitative estimate of drug-likeness (QED) is 0.853. The Morgan fingerprint density at radius 3 is 2.95 bits per heavy atom. The van der Waals surface area contributed by atoms with E-state index in [4.69, 9.17) is 9.84 Å². The summed E-state index contributed by atoms with van der Waals surface area (Å²) in [5.41, 5.74) is 0.822. The number of ether oxygens (including phenoxy) is 1. The number of hydrogen-bond acceptors (Lipinski definition) is 5. The zero-order chi connectivity index (χ0) is 14.7. The van der Waals surface area contributed by atoms with Crippen LogP contribution >= 0.6 is 11.3 Å². The van der Waals surface area contributed by atoms with Gasteiger partial charge in [-0.05, 0) is 6.92 Å². The number of nitrogens with zero attached hydrogens (tertiary/aromatic N) is 2. The molecule has 1 aromatic rings. The second-order valence-corrected chi connectivity index (χ2v) is 5.81. The lowest BCUT2D eigenvalue weighted by Crippen LogP contribution is -2.47. The van der Waals surface area contributed by atoms with Gasteiger partial charge in [0.25, 0.3) is 0 Å². The molecule has 1 aliphatic rings. The number of thiazole rings is 1. The second kappa shape index (κ2) is 6.19. The highest BCUT2D eigenvalue weighted by molar-refractivity contribution is 7.09. The molecule has 20 heavy (non-hydrogen) atoms. The number of carboxylic acid groups (broad SMARTS) is 1. The van der Waals surface area contributed by atoms with Crippen LogP contribution < -0.4 is 5.32 Å². The molecule has 0 aromatic carbocycles. The molecule has 1 aliphatic heterocycles. The molecule has 1 fully saturated rings. The predicted molar refractivity (Wildman–Crippen MR) is 72.6 cm³/mol. The fourth-order valence-electron chi connectivity index (χ4n) is 2.00. The molecule has 8 heteroatoms. The number of hydrogen-bond donors (Lipinski definition) is 2. The number of carbonyl (C=O) groups is 2. The minimum atomic E-state index is -0.953. The van der Waals surface area contributed by atoms with Crippen LogP contribution in [-0.4, -0.2) is 53.3 Å². The zero-order valence-electron chi connectivity index (χ0n) is 11.3. The lowest BCUT2D eigenvalue weighted by molar-refractivity contribution is -0.142. The van der Waals surface area contributed by atoms with E-state index < -0.39 is 17.9 Å². The van der Waals surface area contributed by atoms with E-state index in [1.807, 2.05) is 12.3 Å². The van der Waals surface area contributed by atoms with E-state index >= 15 is 0 Å². The number of carbonyl (C=O) groups excluding carboxylic acids is 1. The number of aryl methyl sites for hydroxylation is 1. The number of carboxylic acids is 1. The molecule has 0 radical (unpaired) electrons. The van der Waals surface area contributed by atoms with Crippen molar-refractivity contribution in [3.8, 4) is 0 Å². The molecule has 0 bridgehead atoms. The molecule has 1 aromatic heterocycles. The average molecular weight is 299 g/mol. The summed E-state index contributed by atoms with van der Waals surface area (Å²) in [6, 6.07) is -0.808. The van der Waals surface area contributed by atoms with Crippen LogP contribution in [0.4, 0.5) is 4.79 Å². The minimum absolute atomic E-state index is 0.134. The van der Waals surface area contributed by atoms with Gasteiger partial charge < -0.3 is 20.1 Å². The lowest BCUT2D eigenvalue weighted by atomic mass is 10.0. The van der Waals surface area contributed by atoms with Crippen molar-refractivity contribution in [2.24, 2.45) is 5.92 Å². The highest BCUT2D eigenvalue weighted by Gasteiger charge is 2.35. The van der Waals surface area contributed by atoms with Crippen LogP contribution in [0.2, 0.25) is 0 Å². The fraction of sp³-hybridized carbons (Fsp3) is 0.583. The first-order valence-electron chi connectivity index (χ1n) is 6.20. The maximum Gasteiger partial charge on any atom is 0.317 e. The number of amides is 2. The van der Waals surface area contributed by atoms with Crippen LogP contribution in [-0.2, 0) is 16.1 Å². The molecule has 7 nitrogen and oxygen atoms in total. The molecule has 2 amide bonds. The summed E-state index contributed by atoms with van der Waals surface area (Å²) in [5.74, 6) is -1.64. The minimum Gasteiger partial charge on any atom is -0.481 e. The van der Waals surface area contributed by atoms with E-state index in [0.29, 0.717) is 6.54 Å². The predicted octanol–water partition coefficient (Wildman–Crippen LogP) is 0.693. The molecule has 2 atom stereocenters. The Morgan fingerprint density at radius 1 is 1.60 bits per heavy atom. The number of aromatic nitrogens is 1. The van der Waals surface area contributed by atoms with Crippen LogP contribution in [0.15, 0.2) is 5.38 Å². The first kappa shape index (κ1) is 14.7. The van der Waals surface area contributed by atoms with Gasteiger partial charge in [0.15, 0.2) is 0 Å². The Kier molecular flexibility index (Phi) is 4.56. The Balaban J connectivity index is 1.89. The third-order valence-corrected chi connectivity index (χ3v) is 3.94. The molecular formula is C12H17N3O4S. The van der Waals surface area contributed by atoms with Crippen LogP contribution in [0.5, 0.6) is 0 Å². The molecule has 2 unspecified atom stereocenters. The topological polar surface area (TPSA) is 91.8 Å². The van der Waals surface area contributed by atoms with Crippen LogP contribution in [0.3, 0.4) is 0 Å². The highest BCUT2D eigenvalue weighted by Crippen LogP contribution is 2.15. The Morgan fingerprint density at radius 2 is 2.35 bits per heavy atom. The summed E-state index contributed by atoms with van der Waals surface area (Å²) < 4.78 is 5.11. The smallest absolute Gasteiger partial charge is 0.317 e. The molecule has 110 valence electrons. The van der Waals surface area contributed by atoms with E-state index in [1.54, 1.807) is 7.05 Å². The Hall–Kier alpha value is -1.67. The summed E-state index contributed by atoms with van der Waals surface area (Å²) >= 11 is 1.53. The Labute approximate surface area is 120 Å². The van der Waals surface area contributed by atoms with Gasteiger partial charge in [0.05, 0.1) is 36.5 Å². The highest BCUT2D eigenvalue weighted by atomic mass is 32.1. The van der Waals surface area contributed by atoms with E-state index in [0.717, 1.165) is 10.7 Å². The van der Waals surface area contributed by atoms with Crippen molar-refractivity contribution in [1.29, 1.82) is 0 Å². The maximum atomic E-state index is 12.0. The molecule has 2 rings (SSSR count). The number of nitrogens with one attached hydrogen (secondary N) is 1. The summed E-state index contributed by atoms with van der Waals surface area (Å²) in [4.78, 5) is 28.8. The van der Waals surface area contributed by atoms with E-state index in [9.17, 15) is 9.59 Å². The molecule has 0 aliphatic carbocycles. The van der Waals surface area contributed by atoms with Crippen molar-refractivity contribution in [2.75, 3.05) is 20.3 Å². The normalized spacial score (nSPS) is 21.7. The maximum absolute atomic E-state index is 12.0. The van der Waals surface area contributed by atoms with Gasteiger partial charge in [-0.1, -0.05) is 0 Å². The van der Waals surface area contributed by atoms with Crippen LogP contribution in [0, 0.1) is 12.8 Å². The van der Waals surface area contributed by atoms with Crippen LogP contribution in [0.25, 0.3) is 0 Å². The van der Waals surface area contributed by atoms with E-state index in [-0.39, 0.29) is 19.2 Å². The molecule has 0 saturated carbocycles. The SMILES string of the molecule is Cc1nc(CN(C)C(=O)NC2COCC2C(=O)O)cs1. The molecule has 0 spiro atoms. The van der Waals surface area contributed by atoms with Gasteiger partial charge in [0, 0.05) is 12.4 Å². The largest absolute Gasteiger partial charge is 0.481 e. The average Bonchev–Trinajstić information content (AvgIpc) is 2.98. The summed E-state index contributed by atoms with van der Waals surface area (Å²) in [6.45, 7) is 2.66. The van der Waals surface area contributed by atoms with E-state index in [1.165, 1.54) is 16.2 Å². The summed E-state index contributed by atoms with van der Waals surface area (Å²) in [6.07, 6.45) is 0. The van der Waals surface area contributed by atoms with E-state index in [2.05, 4.69) is 10.3 Å². The zero-order valence-corrected chi connectivity index (χ0v) is 12.1. The molecule has 2 N–H and O–H groups in total. The third kappa shape index (κ3) is 3.45.